The highest BCUT2D eigenvalue weighted by Gasteiger charge is 2.37. The quantitative estimate of drug-likeness (QED) is 0.322. The first kappa shape index (κ1) is 24.1. The lowest BCUT2D eigenvalue weighted by Crippen LogP contribution is -2.44. The van der Waals surface area contributed by atoms with E-state index >= 15 is 0 Å². The molecule has 0 bridgehead atoms. The number of ether oxygens (including phenoxy) is 1. The molecule has 0 aliphatic carbocycles. The van der Waals surface area contributed by atoms with E-state index in [9.17, 15) is 14.4 Å². The molecule has 2 aliphatic heterocycles. The van der Waals surface area contributed by atoms with Crippen LogP contribution in [0.25, 0.3) is 6.08 Å². The SMILES string of the molecule is O=C(CN1C(=O)S/C(=C\c2ccc(OCc3ccccc3Cl)c(I)c2)C1=O)N1CCCCC1. The second-order valence-electron chi connectivity index (χ2n) is 7.78. The summed E-state index contributed by atoms with van der Waals surface area (Å²) >= 11 is 9.22. The predicted molar refractivity (Wildman–Crippen MR) is 138 cm³/mol. The van der Waals surface area contributed by atoms with Crippen LogP contribution in [0.1, 0.15) is 30.4 Å². The van der Waals surface area contributed by atoms with E-state index in [1.807, 2.05) is 42.5 Å². The molecule has 172 valence electrons. The van der Waals surface area contributed by atoms with Gasteiger partial charge < -0.3 is 9.64 Å². The van der Waals surface area contributed by atoms with E-state index in [2.05, 4.69) is 22.6 Å². The molecular formula is C24H22ClIN2O4S. The Labute approximate surface area is 215 Å². The van der Waals surface area contributed by atoms with Gasteiger partial charge in [-0.3, -0.25) is 19.3 Å². The number of hydrogen-bond donors (Lipinski definition) is 0. The van der Waals surface area contributed by atoms with Crippen molar-refractivity contribution in [3.8, 4) is 5.75 Å². The summed E-state index contributed by atoms with van der Waals surface area (Å²) in [6, 6.07) is 13.1. The lowest BCUT2D eigenvalue weighted by Gasteiger charge is -2.27. The molecule has 0 N–H and O–H groups in total. The van der Waals surface area contributed by atoms with E-state index in [4.69, 9.17) is 16.3 Å². The second kappa shape index (κ2) is 10.9. The van der Waals surface area contributed by atoms with Gasteiger partial charge in [0, 0.05) is 23.7 Å². The molecule has 9 heteroatoms. The van der Waals surface area contributed by atoms with Crippen molar-refractivity contribution in [3.05, 3.63) is 67.1 Å². The maximum atomic E-state index is 12.8. The molecule has 2 aromatic rings. The van der Waals surface area contributed by atoms with E-state index in [0.29, 0.717) is 35.4 Å². The van der Waals surface area contributed by atoms with Crippen LogP contribution in [0.4, 0.5) is 4.79 Å². The molecule has 0 aromatic heterocycles. The van der Waals surface area contributed by atoms with Crippen LogP contribution in [0, 0.1) is 3.57 Å². The molecule has 2 aromatic carbocycles. The molecule has 2 saturated heterocycles. The van der Waals surface area contributed by atoms with Gasteiger partial charge >= 0.3 is 0 Å². The van der Waals surface area contributed by atoms with Gasteiger partial charge in [-0.05, 0) is 83.5 Å². The number of halogens is 2. The predicted octanol–water partition coefficient (Wildman–Crippen LogP) is 5.57. The van der Waals surface area contributed by atoms with Crippen molar-refractivity contribution in [1.29, 1.82) is 0 Å². The summed E-state index contributed by atoms with van der Waals surface area (Å²) in [6.45, 7) is 1.52. The van der Waals surface area contributed by atoms with Gasteiger partial charge in [0.15, 0.2) is 0 Å². The Bertz CT molecular complexity index is 1120. The minimum absolute atomic E-state index is 0.173. The Morgan fingerprint density at radius 1 is 1.12 bits per heavy atom. The van der Waals surface area contributed by atoms with Crippen LogP contribution in [0.15, 0.2) is 47.4 Å². The molecule has 0 saturated carbocycles. The lowest BCUT2D eigenvalue weighted by molar-refractivity contribution is -0.136. The molecule has 2 aliphatic rings. The highest BCUT2D eigenvalue weighted by atomic mass is 127. The number of thioether (sulfide) groups is 1. The number of nitrogens with zero attached hydrogens (tertiary/aromatic N) is 2. The zero-order valence-electron chi connectivity index (χ0n) is 17.8. The molecule has 3 amide bonds. The third kappa shape index (κ3) is 5.91. The number of benzene rings is 2. The fraction of sp³-hybridized carbons (Fsp3) is 0.292. The van der Waals surface area contributed by atoms with Crippen LogP contribution in [-0.4, -0.2) is 46.5 Å². The Hall–Kier alpha value is -2.04. The van der Waals surface area contributed by atoms with E-state index in [1.54, 1.807) is 11.0 Å². The van der Waals surface area contributed by atoms with Crippen molar-refractivity contribution in [1.82, 2.24) is 9.80 Å². The molecule has 4 rings (SSSR count). The normalized spacial score (nSPS) is 17.7. The first-order valence-corrected chi connectivity index (χ1v) is 12.9. The third-order valence-corrected chi connectivity index (χ3v) is 7.59. The van der Waals surface area contributed by atoms with Crippen LogP contribution in [0.2, 0.25) is 5.02 Å². The standard InChI is InChI=1S/C24H22ClIN2O4S/c25-18-7-3-2-6-17(18)15-32-20-9-8-16(12-19(20)26)13-21-23(30)28(24(31)33-21)14-22(29)27-10-4-1-5-11-27/h2-3,6-9,12-13H,1,4-5,10-11,14-15H2/b21-13-. The Morgan fingerprint density at radius 2 is 1.88 bits per heavy atom. The molecule has 0 unspecified atom stereocenters. The van der Waals surface area contributed by atoms with E-state index in [1.165, 1.54) is 0 Å². The average Bonchev–Trinajstić information content (AvgIpc) is 3.07. The van der Waals surface area contributed by atoms with E-state index < -0.39 is 11.1 Å². The van der Waals surface area contributed by atoms with Crippen LogP contribution in [0.3, 0.4) is 0 Å². The number of rotatable bonds is 6. The van der Waals surface area contributed by atoms with Crippen molar-refractivity contribution in [2.45, 2.75) is 25.9 Å². The summed E-state index contributed by atoms with van der Waals surface area (Å²) in [6.07, 6.45) is 4.71. The minimum atomic E-state index is -0.426. The first-order chi connectivity index (χ1) is 15.9. The maximum absolute atomic E-state index is 12.8. The fourth-order valence-corrected chi connectivity index (χ4v) is 5.38. The second-order valence-corrected chi connectivity index (χ2v) is 10.3. The number of amides is 3. The monoisotopic (exact) mass is 596 g/mol. The van der Waals surface area contributed by atoms with Gasteiger partial charge in [-0.1, -0.05) is 35.9 Å². The maximum Gasteiger partial charge on any atom is 0.294 e. The van der Waals surface area contributed by atoms with Gasteiger partial charge in [0.2, 0.25) is 5.91 Å². The Balaban J connectivity index is 1.41. The van der Waals surface area contributed by atoms with Gasteiger partial charge in [0.1, 0.15) is 18.9 Å². The van der Waals surface area contributed by atoms with Crippen molar-refractivity contribution >= 4 is 69.1 Å². The zero-order valence-corrected chi connectivity index (χ0v) is 21.5. The van der Waals surface area contributed by atoms with Gasteiger partial charge in [-0.15, -0.1) is 0 Å². The number of hydrogen-bond acceptors (Lipinski definition) is 5. The molecule has 2 fully saturated rings. The summed E-state index contributed by atoms with van der Waals surface area (Å²) in [5.41, 5.74) is 1.67. The van der Waals surface area contributed by atoms with E-state index in [0.717, 1.165) is 50.6 Å². The van der Waals surface area contributed by atoms with Crippen LogP contribution in [0.5, 0.6) is 5.75 Å². The van der Waals surface area contributed by atoms with E-state index in [-0.39, 0.29) is 12.5 Å². The van der Waals surface area contributed by atoms with Crippen LogP contribution >= 0.6 is 46.0 Å². The van der Waals surface area contributed by atoms with Crippen molar-refractivity contribution < 1.29 is 19.1 Å². The van der Waals surface area contributed by atoms with Crippen molar-refractivity contribution in [3.63, 3.8) is 0 Å². The highest BCUT2D eigenvalue weighted by molar-refractivity contribution is 14.1. The molecule has 0 spiro atoms. The average molecular weight is 597 g/mol. The van der Waals surface area contributed by atoms with Gasteiger partial charge in [-0.2, -0.15) is 0 Å². The zero-order chi connectivity index (χ0) is 23.4. The summed E-state index contributed by atoms with van der Waals surface area (Å²) in [7, 11) is 0. The number of likely N-dealkylation sites (tertiary alicyclic amines) is 1. The molecule has 2 heterocycles. The lowest BCUT2D eigenvalue weighted by atomic mass is 10.1. The van der Waals surface area contributed by atoms with Gasteiger partial charge in [0.25, 0.3) is 11.1 Å². The first-order valence-electron chi connectivity index (χ1n) is 10.6. The number of imide groups is 1. The fourth-order valence-electron chi connectivity index (χ4n) is 3.66. The van der Waals surface area contributed by atoms with Crippen molar-refractivity contribution in [2.24, 2.45) is 0 Å². The summed E-state index contributed by atoms with van der Waals surface area (Å²) in [4.78, 5) is 40.8. The smallest absolute Gasteiger partial charge is 0.294 e. The Kier molecular flexibility index (Phi) is 7.98. The third-order valence-electron chi connectivity index (χ3n) is 5.47. The number of carbonyl (C=O) groups excluding carboxylic acids is 3. The molecule has 0 radical (unpaired) electrons. The van der Waals surface area contributed by atoms with Crippen molar-refractivity contribution in [2.75, 3.05) is 19.6 Å². The Morgan fingerprint density at radius 3 is 2.61 bits per heavy atom. The summed E-state index contributed by atoms with van der Waals surface area (Å²) in [5.74, 6) is 0.102. The summed E-state index contributed by atoms with van der Waals surface area (Å²) in [5, 5.41) is 0.240. The molecule has 6 nitrogen and oxygen atoms in total. The van der Waals surface area contributed by atoms with Gasteiger partial charge in [-0.25, -0.2) is 0 Å². The van der Waals surface area contributed by atoms with Gasteiger partial charge in [0.05, 0.1) is 8.48 Å². The molecular weight excluding hydrogens is 575 g/mol. The molecule has 0 atom stereocenters. The highest BCUT2D eigenvalue weighted by Crippen LogP contribution is 2.33. The molecule has 33 heavy (non-hydrogen) atoms. The minimum Gasteiger partial charge on any atom is -0.488 e. The topological polar surface area (TPSA) is 66.9 Å². The largest absolute Gasteiger partial charge is 0.488 e. The van der Waals surface area contributed by atoms with Crippen LogP contribution in [-0.2, 0) is 16.2 Å². The number of piperidine rings is 1. The summed E-state index contributed by atoms with van der Waals surface area (Å²) < 4.78 is 6.76. The number of carbonyl (C=O) groups is 3. The van der Waals surface area contributed by atoms with Crippen LogP contribution < -0.4 is 4.74 Å².